The lowest BCUT2D eigenvalue weighted by atomic mass is 9.71. The van der Waals surface area contributed by atoms with Crippen molar-refractivity contribution in [2.45, 2.75) is 25.7 Å². The maximum Gasteiger partial charge on any atom is 0.272 e. The number of piperidine rings is 2. The highest BCUT2D eigenvalue weighted by Gasteiger charge is 2.36. The SMILES string of the molecule is O=C(c1ccc(Cl)cn1)N1CCC2(CCNCC2)CC1. The molecule has 4 nitrogen and oxygen atoms in total. The third-order valence-electron chi connectivity index (χ3n) is 4.72. The highest BCUT2D eigenvalue weighted by molar-refractivity contribution is 6.30. The molecule has 2 fully saturated rings. The molecular formula is C15H20ClN3O. The largest absolute Gasteiger partial charge is 0.337 e. The highest BCUT2D eigenvalue weighted by Crippen LogP contribution is 2.39. The lowest BCUT2D eigenvalue weighted by molar-refractivity contribution is 0.0491. The fraction of sp³-hybridized carbons (Fsp3) is 0.600. The molecule has 2 aliphatic heterocycles. The summed E-state index contributed by atoms with van der Waals surface area (Å²) in [5.41, 5.74) is 0.964. The van der Waals surface area contributed by atoms with Crippen molar-refractivity contribution in [3.8, 4) is 0 Å². The topological polar surface area (TPSA) is 45.2 Å². The van der Waals surface area contributed by atoms with E-state index in [-0.39, 0.29) is 5.91 Å². The van der Waals surface area contributed by atoms with E-state index in [1.165, 1.54) is 19.0 Å². The van der Waals surface area contributed by atoms with Gasteiger partial charge in [-0.1, -0.05) is 11.6 Å². The first kappa shape index (κ1) is 13.8. The fourth-order valence-corrected chi connectivity index (χ4v) is 3.42. The van der Waals surface area contributed by atoms with Gasteiger partial charge in [-0.25, -0.2) is 4.98 Å². The summed E-state index contributed by atoms with van der Waals surface area (Å²) < 4.78 is 0. The molecule has 0 radical (unpaired) electrons. The number of amides is 1. The van der Waals surface area contributed by atoms with Crippen LogP contribution in [-0.4, -0.2) is 42.0 Å². The second kappa shape index (κ2) is 5.70. The van der Waals surface area contributed by atoms with Crippen LogP contribution in [0.1, 0.15) is 36.2 Å². The van der Waals surface area contributed by atoms with Crippen LogP contribution in [0, 0.1) is 5.41 Å². The Morgan fingerprint density at radius 3 is 2.50 bits per heavy atom. The summed E-state index contributed by atoms with van der Waals surface area (Å²) in [7, 11) is 0. The molecule has 0 bridgehead atoms. The Balaban J connectivity index is 1.62. The lowest BCUT2D eigenvalue weighted by Gasteiger charge is -2.44. The summed E-state index contributed by atoms with van der Waals surface area (Å²) in [4.78, 5) is 18.4. The summed E-state index contributed by atoms with van der Waals surface area (Å²) in [6.45, 7) is 3.94. The van der Waals surface area contributed by atoms with Gasteiger partial charge in [0, 0.05) is 19.3 Å². The van der Waals surface area contributed by atoms with Crippen LogP contribution in [0.4, 0.5) is 0 Å². The molecule has 1 aromatic heterocycles. The van der Waals surface area contributed by atoms with Crippen molar-refractivity contribution in [1.29, 1.82) is 0 Å². The van der Waals surface area contributed by atoms with E-state index in [9.17, 15) is 4.79 Å². The van der Waals surface area contributed by atoms with Gasteiger partial charge in [-0.05, 0) is 56.3 Å². The molecule has 20 heavy (non-hydrogen) atoms. The summed E-state index contributed by atoms with van der Waals surface area (Å²) in [5.74, 6) is 0.0328. The van der Waals surface area contributed by atoms with E-state index >= 15 is 0 Å². The molecule has 108 valence electrons. The zero-order chi connectivity index (χ0) is 14.0. The van der Waals surface area contributed by atoms with Crippen molar-refractivity contribution < 1.29 is 4.79 Å². The van der Waals surface area contributed by atoms with Gasteiger partial charge < -0.3 is 10.2 Å². The average Bonchev–Trinajstić information content (AvgIpc) is 2.49. The van der Waals surface area contributed by atoms with Gasteiger partial charge in [-0.2, -0.15) is 0 Å². The standard InChI is InChI=1S/C15H20ClN3O/c16-12-1-2-13(18-11-12)14(20)19-9-5-15(6-10-19)3-7-17-8-4-15/h1-2,11,17H,3-10H2. The van der Waals surface area contributed by atoms with Crippen LogP contribution < -0.4 is 5.32 Å². The summed E-state index contributed by atoms with van der Waals surface area (Å²) in [6, 6.07) is 3.43. The second-order valence-corrected chi connectivity index (χ2v) is 6.34. The number of carbonyl (C=O) groups excluding carboxylic acids is 1. The van der Waals surface area contributed by atoms with Gasteiger partial charge in [-0.3, -0.25) is 4.79 Å². The van der Waals surface area contributed by atoms with E-state index in [4.69, 9.17) is 11.6 Å². The van der Waals surface area contributed by atoms with E-state index in [1.807, 2.05) is 4.90 Å². The molecule has 3 heterocycles. The first-order chi connectivity index (χ1) is 9.69. The van der Waals surface area contributed by atoms with Crippen LogP contribution in [0.2, 0.25) is 5.02 Å². The Bertz CT molecular complexity index is 472. The Morgan fingerprint density at radius 2 is 1.90 bits per heavy atom. The predicted octanol–water partition coefficient (Wildman–Crippen LogP) is 2.34. The molecular weight excluding hydrogens is 274 g/mol. The molecule has 5 heteroatoms. The number of nitrogens with one attached hydrogen (secondary N) is 1. The van der Waals surface area contributed by atoms with Crippen LogP contribution in [0.25, 0.3) is 0 Å². The van der Waals surface area contributed by atoms with Crippen LogP contribution in [0.3, 0.4) is 0 Å². The molecule has 2 aliphatic rings. The van der Waals surface area contributed by atoms with Gasteiger partial charge in [-0.15, -0.1) is 0 Å². The summed E-state index contributed by atoms with van der Waals surface area (Å²) in [5, 5.41) is 3.98. The van der Waals surface area contributed by atoms with E-state index in [0.717, 1.165) is 39.0 Å². The maximum atomic E-state index is 12.4. The normalized spacial score (nSPS) is 21.9. The van der Waals surface area contributed by atoms with Crippen molar-refractivity contribution in [2.75, 3.05) is 26.2 Å². The predicted molar refractivity (Wildman–Crippen MR) is 78.9 cm³/mol. The van der Waals surface area contributed by atoms with Crippen LogP contribution in [0.5, 0.6) is 0 Å². The minimum Gasteiger partial charge on any atom is -0.337 e. The fourth-order valence-electron chi connectivity index (χ4n) is 3.31. The third kappa shape index (κ3) is 2.81. The van der Waals surface area contributed by atoms with Gasteiger partial charge in [0.25, 0.3) is 5.91 Å². The molecule has 0 atom stereocenters. The molecule has 0 saturated carbocycles. The van der Waals surface area contributed by atoms with Crippen molar-refractivity contribution >= 4 is 17.5 Å². The third-order valence-corrected chi connectivity index (χ3v) is 4.95. The maximum absolute atomic E-state index is 12.4. The Labute approximate surface area is 124 Å². The minimum absolute atomic E-state index is 0.0328. The van der Waals surface area contributed by atoms with Crippen molar-refractivity contribution in [3.05, 3.63) is 29.0 Å². The molecule has 0 aliphatic carbocycles. The molecule has 1 N–H and O–H groups in total. The van der Waals surface area contributed by atoms with E-state index in [0.29, 0.717) is 16.1 Å². The number of likely N-dealkylation sites (tertiary alicyclic amines) is 1. The minimum atomic E-state index is 0.0328. The zero-order valence-electron chi connectivity index (χ0n) is 11.6. The van der Waals surface area contributed by atoms with E-state index in [2.05, 4.69) is 10.3 Å². The molecule has 1 spiro atoms. The molecule has 1 amide bonds. The lowest BCUT2D eigenvalue weighted by Crippen LogP contribution is -2.47. The molecule has 2 saturated heterocycles. The number of nitrogens with zero attached hydrogens (tertiary/aromatic N) is 2. The number of carbonyl (C=O) groups is 1. The van der Waals surface area contributed by atoms with Gasteiger partial charge in [0.1, 0.15) is 5.69 Å². The van der Waals surface area contributed by atoms with E-state index < -0.39 is 0 Å². The molecule has 1 aromatic rings. The number of rotatable bonds is 1. The molecule has 0 aromatic carbocycles. The van der Waals surface area contributed by atoms with Crippen LogP contribution in [-0.2, 0) is 0 Å². The van der Waals surface area contributed by atoms with Crippen molar-refractivity contribution in [3.63, 3.8) is 0 Å². The summed E-state index contributed by atoms with van der Waals surface area (Å²) >= 11 is 5.81. The highest BCUT2D eigenvalue weighted by atomic mass is 35.5. The Hall–Kier alpha value is -1.13. The number of aromatic nitrogens is 1. The van der Waals surface area contributed by atoms with Gasteiger partial charge >= 0.3 is 0 Å². The number of pyridine rings is 1. The van der Waals surface area contributed by atoms with Crippen molar-refractivity contribution in [1.82, 2.24) is 15.2 Å². The quantitative estimate of drug-likeness (QED) is 0.864. The Kier molecular flexibility index (Phi) is 3.94. The second-order valence-electron chi connectivity index (χ2n) is 5.90. The monoisotopic (exact) mass is 293 g/mol. The molecule has 3 rings (SSSR count). The van der Waals surface area contributed by atoms with Crippen LogP contribution >= 0.6 is 11.6 Å². The van der Waals surface area contributed by atoms with Gasteiger partial charge in [0.15, 0.2) is 0 Å². The number of hydrogen-bond acceptors (Lipinski definition) is 3. The molecule has 0 unspecified atom stereocenters. The van der Waals surface area contributed by atoms with Gasteiger partial charge in [0.2, 0.25) is 0 Å². The number of hydrogen-bond donors (Lipinski definition) is 1. The van der Waals surface area contributed by atoms with Crippen LogP contribution in [0.15, 0.2) is 18.3 Å². The van der Waals surface area contributed by atoms with E-state index in [1.54, 1.807) is 12.1 Å². The zero-order valence-corrected chi connectivity index (χ0v) is 12.3. The Morgan fingerprint density at radius 1 is 1.20 bits per heavy atom. The first-order valence-corrected chi connectivity index (χ1v) is 7.68. The smallest absolute Gasteiger partial charge is 0.272 e. The first-order valence-electron chi connectivity index (χ1n) is 7.30. The summed E-state index contributed by atoms with van der Waals surface area (Å²) in [6.07, 6.45) is 6.26. The van der Waals surface area contributed by atoms with Crippen molar-refractivity contribution in [2.24, 2.45) is 5.41 Å². The number of halogens is 1. The van der Waals surface area contributed by atoms with Gasteiger partial charge in [0.05, 0.1) is 5.02 Å². The average molecular weight is 294 g/mol.